The van der Waals surface area contributed by atoms with Gasteiger partial charge >= 0.3 is 0 Å². The van der Waals surface area contributed by atoms with E-state index in [2.05, 4.69) is 26.9 Å². The third kappa shape index (κ3) is 3.33. The second-order valence-corrected chi connectivity index (χ2v) is 4.94. The molecule has 19 heavy (non-hydrogen) atoms. The summed E-state index contributed by atoms with van der Waals surface area (Å²) in [5.74, 6) is 1.68. The molecule has 2 heterocycles. The summed E-state index contributed by atoms with van der Waals surface area (Å²) in [5, 5.41) is 11.5. The zero-order valence-corrected chi connectivity index (χ0v) is 11.3. The maximum absolute atomic E-state index is 8.58. The summed E-state index contributed by atoms with van der Waals surface area (Å²) < 4.78 is 0. The first kappa shape index (κ1) is 13.6. The summed E-state index contributed by atoms with van der Waals surface area (Å²) in [5.41, 5.74) is 5.86. The van der Waals surface area contributed by atoms with E-state index in [0.717, 1.165) is 24.8 Å². The Kier molecular flexibility index (Phi) is 4.54. The number of aromatic nitrogens is 2. The summed E-state index contributed by atoms with van der Waals surface area (Å²) in [6.07, 6.45) is 8.19. The first-order valence-corrected chi connectivity index (χ1v) is 6.79. The van der Waals surface area contributed by atoms with Gasteiger partial charge in [-0.25, -0.2) is 9.97 Å². The highest BCUT2D eigenvalue weighted by Gasteiger charge is 2.17. The molecule has 1 atom stereocenters. The molecule has 0 aromatic carbocycles. The minimum Gasteiger partial charge on any atom is -0.409 e. The van der Waals surface area contributed by atoms with Gasteiger partial charge in [-0.3, -0.25) is 0 Å². The molecular weight excluding hydrogens is 242 g/mol. The molecule has 1 aromatic rings. The van der Waals surface area contributed by atoms with Crippen LogP contribution in [-0.4, -0.2) is 34.1 Å². The fourth-order valence-corrected chi connectivity index (χ4v) is 2.47. The average molecular weight is 263 g/mol. The van der Waals surface area contributed by atoms with Gasteiger partial charge in [0.1, 0.15) is 11.5 Å². The van der Waals surface area contributed by atoms with Crippen LogP contribution in [0.1, 0.15) is 38.3 Å². The summed E-state index contributed by atoms with van der Waals surface area (Å²) in [6.45, 7) is 4.30. The molecular formula is C13H21N5O. The predicted octanol–water partition coefficient (Wildman–Crippen LogP) is 1.59. The van der Waals surface area contributed by atoms with E-state index >= 15 is 0 Å². The van der Waals surface area contributed by atoms with Gasteiger partial charge in [-0.2, -0.15) is 0 Å². The van der Waals surface area contributed by atoms with Gasteiger partial charge in [-0.15, -0.1) is 0 Å². The van der Waals surface area contributed by atoms with Gasteiger partial charge in [0.2, 0.25) is 0 Å². The second-order valence-electron chi connectivity index (χ2n) is 4.94. The lowest BCUT2D eigenvalue weighted by molar-refractivity contribution is 0.318. The first-order chi connectivity index (χ1) is 9.24. The molecule has 104 valence electrons. The van der Waals surface area contributed by atoms with Gasteiger partial charge in [0.05, 0.1) is 12.4 Å². The number of nitrogens with two attached hydrogens (primary N) is 1. The molecule has 1 aliphatic heterocycles. The van der Waals surface area contributed by atoms with Crippen molar-refractivity contribution in [3.05, 3.63) is 18.1 Å². The van der Waals surface area contributed by atoms with E-state index in [1.165, 1.54) is 25.7 Å². The molecule has 0 saturated carbocycles. The van der Waals surface area contributed by atoms with E-state index in [1.54, 1.807) is 12.4 Å². The van der Waals surface area contributed by atoms with Crippen molar-refractivity contribution >= 4 is 11.7 Å². The molecule has 6 nitrogen and oxygen atoms in total. The average Bonchev–Trinajstić information content (AvgIpc) is 2.72. The van der Waals surface area contributed by atoms with Crippen molar-refractivity contribution in [2.24, 2.45) is 16.8 Å². The second kappa shape index (κ2) is 6.36. The third-order valence-electron chi connectivity index (χ3n) is 3.76. The molecule has 0 aliphatic carbocycles. The van der Waals surface area contributed by atoms with Crippen molar-refractivity contribution in [2.45, 2.75) is 32.6 Å². The summed E-state index contributed by atoms with van der Waals surface area (Å²) >= 11 is 0. The Morgan fingerprint density at radius 3 is 2.89 bits per heavy atom. The van der Waals surface area contributed by atoms with E-state index in [9.17, 15) is 0 Å². The van der Waals surface area contributed by atoms with Crippen molar-refractivity contribution in [3.8, 4) is 0 Å². The number of amidine groups is 1. The maximum Gasteiger partial charge on any atom is 0.190 e. The normalized spacial score (nSPS) is 21.2. The zero-order valence-electron chi connectivity index (χ0n) is 11.3. The first-order valence-electron chi connectivity index (χ1n) is 6.79. The van der Waals surface area contributed by atoms with Crippen molar-refractivity contribution in [1.82, 2.24) is 9.97 Å². The number of oxime groups is 1. The molecule has 1 aliphatic rings. The van der Waals surface area contributed by atoms with Crippen LogP contribution in [0.25, 0.3) is 0 Å². The number of rotatable bonds is 3. The highest BCUT2D eigenvalue weighted by molar-refractivity contribution is 5.94. The highest BCUT2D eigenvalue weighted by Crippen LogP contribution is 2.22. The lowest BCUT2D eigenvalue weighted by Crippen LogP contribution is -2.26. The van der Waals surface area contributed by atoms with E-state index in [1.807, 2.05) is 0 Å². The van der Waals surface area contributed by atoms with Crippen molar-refractivity contribution in [2.75, 3.05) is 18.0 Å². The summed E-state index contributed by atoms with van der Waals surface area (Å²) in [7, 11) is 0. The lowest BCUT2D eigenvalue weighted by atomic mass is 9.98. The Hall–Kier alpha value is -1.85. The molecule has 3 N–H and O–H groups in total. The Morgan fingerprint density at radius 2 is 2.26 bits per heavy atom. The number of anilines is 1. The van der Waals surface area contributed by atoms with Gasteiger partial charge in [0.25, 0.3) is 0 Å². The monoisotopic (exact) mass is 263 g/mol. The Bertz CT molecular complexity index is 431. The van der Waals surface area contributed by atoms with E-state index in [4.69, 9.17) is 10.9 Å². The van der Waals surface area contributed by atoms with Crippen LogP contribution in [0.3, 0.4) is 0 Å². The molecule has 0 amide bonds. The Balaban J connectivity index is 2.05. The number of hydrogen-bond donors (Lipinski definition) is 2. The van der Waals surface area contributed by atoms with Gasteiger partial charge in [-0.1, -0.05) is 18.5 Å². The van der Waals surface area contributed by atoms with Crippen LogP contribution in [-0.2, 0) is 0 Å². The molecule has 6 heteroatoms. The standard InChI is InChI=1S/C13H21N5O/c1-2-10-4-3-6-18(7-5-10)12-9-15-11(8-16-12)13(14)17-19/h8-10,19H,2-7H2,1H3,(H2,14,17). The van der Waals surface area contributed by atoms with Gasteiger partial charge in [0.15, 0.2) is 5.84 Å². The minimum absolute atomic E-state index is 0.0130. The summed E-state index contributed by atoms with van der Waals surface area (Å²) in [4.78, 5) is 10.8. The zero-order chi connectivity index (χ0) is 13.7. The molecule has 0 spiro atoms. The molecule has 2 rings (SSSR count). The quantitative estimate of drug-likeness (QED) is 0.374. The van der Waals surface area contributed by atoms with Crippen molar-refractivity contribution in [1.29, 1.82) is 0 Å². The third-order valence-corrected chi connectivity index (χ3v) is 3.76. The van der Waals surface area contributed by atoms with Gasteiger partial charge in [-0.05, 0) is 25.2 Å². The lowest BCUT2D eigenvalue weighted by Gasteiger charge is -2.21. The Labute approximate surface area is 113 Å². The van der Waals surface area contributed by atoms with Crippen LogP contribution in [0.2, 0.25) is 0 Å². The largest absolute Gasteiger partial charge is 0.409 e. The summed E-state index contributed by atoms with van der Waals surface area (Å²) in [6, 6.07) is 0. The number of hydrogen-bond acceptors (Lipinski definition) is 5. The minimum atomic E-state index is -0.0130. The number of nitrogens with zero attached hydrogens (tertiary/aromatic N) is 4. The molecule has 1 unspecified atom stereocenters. The van der Waals surface area contributed by atoms with Crippen LogP contribution < -0.4 is 10.6 Å². The van der Waals surface area contributed by atoms with E-state index in [-0.39, 0.29) is 5.84 Å². The molecule has 1 saturated heterocycles. The Morgan fingerprint density at radius 1 is 1.42 bits per heavy atom. The molecule has 0 bridgehead atoms. The van der Waals surface area contributed by atoms with Crippen LogP contribution in [0.5, 0.6) is 0 Å². The topological polar surface area (TPSA) is 87.6 Å². The van der Waals surface area contributed by atoms with E-state index < -0.39 is 0 Å². The van der Waals surface area contributed by atoms with E-state index in [0.29, 0.717) is 5.69 Å². The predicted molar refractivity (Wildman–Crippen MR) is 74.4 cm³/mol. The fourth-order valence-electron chi connectivity index (χ4n) is 2.47. The molecule has 1 fully saturated rings. The molecule has 1 aromatic heterocycles. The van der Waals surface area contributed by atoms with Crippen molar-refractivity contribution in [3.63, 3.8) is 0 Å². The van der Waals surface area contributed by atoms with Crippen LogP contribution in [0.15, 0.2) is 17.5 Å². The highest BCUT2D eigenvalue weighted by atomic mass is 16.4. The molecule has 0 radical (unpaired) electrons. The van der Waals surface area contributed by atoms with Crippen LogP contribution in [0, 0.1) is 5.92 Å². The fraction of sp³-hybridized carbons (Fsp3) is 0.615. The SMILES string of the molecule is CCC1CCCN(c2cnc(C(N)=NO)cn2)CC1. The van der Waals surface area contributed by atoms with Crippen LogP contribution >= 0.6 is 0 Å². The maximum atomic E-state index is 8.58. The van der Waals surface area contributed by atoms with Crippen molar-refractivity contribution < 1.29 is 5.21 Å². The van der Waals surface area contributed by atoms with Gasteiger partial charge < -0.3 is 15.8 Å². The van der Waals surface area contributed by atoms with Gasteiger partial charge in [0, 0.05) is 13.1 Å². The smallest absolute Gasteiger partial charge is 0.190 e. The van der Waals surface area contributed by atoms with Crippen LogP contribution in [0.4, 0.5) is 5.82 Å².